The van der Waals surface area contributed by atoms with Gasteiger partial charge in [-0.05, 0) is 26.0 Å². The Morgan fingerprint density at radius 3 is 2.90 bits per heavy atom. The van der Waals surface area contributed by atoms with Crippen molar-refractivity contribution < 1.29 is 0 Å². The molecule has 0 saturated heterocycles. The summed E-state index contributed by atoms with van der Waals surface area (Å²) in [5.41, 5.74) is 1.55. The molecular weight excluding hydrogens is 235 g/mol. The van der Waals surface area contributed by atoms with Crippen molar-refractivity contribution in [2.75, 3.05) is 0 Å². The maximum absolute atomic E-state index is 2.42. The van der Waals surface area contributed by atoms with Crippen molar-refractivity contribution in [1.82, 2.24) is 0 Å². The summed E-state index contributed by atoms with van der Waals surface area (Å²) in [5.74, 6) is 0.768. The first-order chi connectivity index (χ1) is 4.84. The molecule has 56 valence electrons. The second kappa shape index (κ2) is 4.06. The molecule has 0 aliphatic carbocycles. The Labute approximate surface area is 72.8 Å². The topological polar surface area (TPSA) is 0 Å². The van der Waals surface area contributed by atoms with E-state index in [1.807, 2.05) is 0 Å². The molecule has 0 aromatic heterocycles. The van der Waals surface area contributed by atoms with E-state index < -0.39 is 0 Å². The molecule has 0 saturated carbocycles. The van der Waals surface area contributed by atoms with Crippen molar-refractivity contribution in [2.45, 2.75) is 20.3 Å². The SMILES string of the molecule is CCC(C)C1=CI=CC=C1. The van der Waals surface area contributed by atoms with Crippen molar-refractivity contribution in [3.05, 3.63) is 21.8 Å². The lowest BCUT2D eigenvalue weighted by Gasteiger charge is -2.09. The molecule has 0 aromatic rings. The number of halogens is 1. The fourth-order valence-electron chi connectivity index (χ4n) is 0.842. The smallest absolute Gasteiger partial charge is 0.0189 e. The minimum absolute atomic E-state index is 0.261. The third kappa shape index (κ3) is 2.04. The Kier molecular flexibility index (Phi) is 3.32. The van der Waals surface area contributed by atoms with Crippen LogP contribution in [0.2, 0.25) is 0 Å². The zero-order valence-electron chi connectivity index (χ0n) is 6.47. The summed E-state index contributed by atoms with van der Waals surface area (Å²) in [6, 6.07) is 0. The number of allylic oxidation sites excluding steroid dienone is 3. The Morgan fingerprint density at radius 2 is 2.40 bits per heavy atom. The molecule has 0 nitrogen and oxygen atoms in total. The zero-order valence-corrected chi connectivity index (χ0v) is 8.63. The second-order valence-corrected chi connectivity index (χ2v) is 4.59. The normalized spacial score (nSPS) is 19.6. The highest BCUT2D eigenvalue weighted by molar-refractivity contribution is 14.2. The molecule has 1 heterocycles. The molecule has 1 unspecified atom stereocenters. The van der Waals surface area contributed by atoms with Crippen molar-refractivity contribution in [2.24, 2.45) is 5.92 Å². The van der Waals surface area contributed by atoms with Gasteiger partial charge in [-0.3, -0.25) is 0 Å². The van der Waals surface area contributed by atoms with Gasteiger partial charge in [0.05, 0.1) is 0 Å². The molecule has 0 radical (unpaired) electrons. The minimum Gasteiger partial charge on any atom is -0.0934 e. The van der Waals surface area contributed by atoms with Gasteiger partial charge in [0, 0.05) is 0 Å². The van der Waals surface area contributed by atoms with E-state index in [-0.39, 0.29) is 20.7 Å². The van der Waals surface area contributed by atoms with E-state index in [1.54, 1.807) is 5.57 Å². The quantitative estimate of drug-likeness (QED) is 0.658. The van der Waals surface area contributed by atoms with Gasteiger partial charge in [0.25, 0.3) is 0 Å². The fourth-order valence-corrected chi connectivity index (χ4v) is 2.73. The molecular formula is C9H13I. The Morgan fingerprint density at radius 1 is 1.60 bits per heavy atom. The lowest BCUT2D eigenvalue weighted by atomic mass is 10.00. The summed E-state index contributed by atoms with van der Waals surface area (Å²) in [4.78, 5) is 0. The first-order valence-corrected chi connectivity index (χ1v) is 6.15. The third-order valence-corrected chi connectivity index (χ3v) is 3.71. The summed E-state index contributed by atoms with van der Waals surface area (Å²) in [6.45, 7) is 4.54. The largest absolute Gasteiger partial charge is 0.0934 e. The van der Waals surface area contributed by atoms with Crippen LogP contribution >= 0.6 is 20.7 Å². The van der Waals surface area contributed by atoms with E-state index in [2.05, 4.69) is 34.1 Å². The molecule has 10 heavy (non-hydrogen) atoms. The molecule has 0 amide bonds. The van der Waals surface area contributed by atoms with E-state index >= 15 is 0 Å². The predicted octanol–water partition coefficient (Wildman–Crippen LogP) is 3.26. The second-order valence-electron chi connectivity index (χ2n) is 2.53. The molecule has 1 heteroatoms. The lowest BCUT2D eigenvalue weighted by Crippen LogP contribution is -1.94. The van der Waals surface area contributed by atoms with Gasteiger partial charge < -0.3 is 0 Å². The van der Waals surface area contributed by atoms with Crippen molar-refractivity contribution >= 4 is 24.7 Å². The van der Waals surface area contributed by atoms with E-state index in [1.165, 1.54) is 6.42 Å². The average Bonchev–Trinajstić information content (AvgIpc) is 2.05. The fraction of sp³-hybridized carbons (Fsp3) is 0.444. The van der Waals surface area contributed by atoms with Gasteiger partial charge in [0.2, 0.25) is 0 Å². The maximum Gasteiger partial charge on any atom is -0.0189 e. The molecule has 1 atom stereocenters. The van der Waals surface area contributed by atoms with Crippen molar-refractivity contribution in [1.29, 1.82) is 0 Å². The van der Waals surface area contributed by atoms with Crippen LogP contribution in [-0.4, -0.2) is 4.01 Å². The van der Waals surface area contributed by atoms with Gasteiger partial charge in [-0.25, -0.2) is 0 Å². The van der Waals surface area contributed by atoms with Crippen LogP contribution in [0.1, 0.15) is 20.3 Å². The van der Waals surface area contributed by atoms with Crippen LogP contribution in [0.25, 0.3) is 0 Å². The zero-order chi connectivity index (χ0) is 7.40. The standard InChI is InChI=1S/C9H13I/c1-3-8(2)9-5-4-6-10-7-9/h4-8H,3H2,1-2H3. The van der Waals surface area contributed by atoms with E-state index in [4.69, 9.17) is 0 Å². The minimum atomic E-state index is 0.261. The van der Waals surface area contributed by atoms with Gasteiger partial charge in [-0.15, -0.1) is 0 Å². The maximum atomic E-state index is 2.42. The summed E-state index contributed by atoms with van der Waals surface area (Å²) in [7, 11) is 0. The molecule has 1 aliphatic heterocycles. The highest BCUT2D eigenvalue weighted by Gasteiger charge is 2.02. The molecule has 0 bridgehead atoms. The number of hydrogen-bond acceptors (Lipinski definition) is 0. The van der Waals surface area contributed by atoms with Gasteiger partial charge in [-0.2, -0.15) is 0 Å². The van der Waals surface area contributed by atoms with Crippen LogP contribution in [-0.2, 0) is 0 Å². The summed E-state index contributed by atoms with van der Waals surface area (Å²) >= 11 is 0.261. The van der Waals surface area contributed by atoms with Crippen LogP contribution in [0.3, 0.4) is 0 Å². The highest BCUT2D eigenvalue weighted by atomic mass is 127. The van der Waals surface area contributed by atoms with E-state index in [9.17, 15) is 0 Å². The average molecular weight is 248 g/mol. The van der Waals surface area contributed by atoms with Gasteiger partial charge in [-0.1, -0.05) is 46.7 Å². The van der Waals surface area contributed by atoms with Crippen LogP contribution < -0.4 is 0 Å². The molecule has 0 aromatic carbocycles. The molecule has 0 N–H and O–H groups in total. The van der Waals surface area contributed by atoms with Crippen LogP contribution in [0.5, 0.6) is 0 Å². The third-order valence-electron chi connectivity index (χ3n) is 1.80. The highest BCUT2D eigenvalue weighted by Crippen LogP contribution is 2.21. The molecule has 0 spiro atoms. The Bertz CT molecular complexity index is 187. The predicted molar refractivity (Wildman–Crippen MR) is 56.8 cm³/mol. The van der Waals surface area contributed by atoms with Gasteiger partial charge in [0.1, 0.15) is 0 Å². The lowest BCUT2D eigenvalue weighted by molar-refractivity contribution is 0.672. The van der Waals surface area contributed by atoms with Crippen LogP contribution in [0.15, 0.2) is 21.8 Å². The first-order valence-electron chi connectivity index (χ1n) is 3.66. The number of rotatable bonds is 2. The number of hydrogen-bond donors (Lipinski definition) is 0. The van der Waals surface area contributed by atoms with E-state index in [0.29, 0.717) is 0 Å². The first kappa shape index (κ1) is 8.18. The van der Waals surface area contributed by atoms with Crippen LogP contribution in [0.4, 0.5) is 0 Å². The Balaban J connectivity index is 2.65. The summed E-state index contributed by atoms with van der Waals surface area (Å²) in [5, 5.41) is 0. The van der Waals surface area contributed by atoms with E-state index in [0.717, 1.165) is 5.92 Å². The molecule has 1 aliphatic rings. The summed E-state index contributed by atoms with van der Waals surface area (Å²) in [6.07, 6.45) is 5.71. The molecule has 1 rings (SSSR count). The Hall–Kier alpha value is 0.0800. The monoisotopic (exact) mass is 248 g/mol. The van der Waals surface area contributed by atoms with Crippen molar-refractivity contribution in [3.8, 4) is 0 Å². The van der Waals surface area contributed by atoms with Crippen molar-refractivity contribution in [3.63, 3.8) is 0 Å². The molecule has 0 fully saturated rings. The summed E-state index contributed by atoms with van der Waals surface area (Å²) < 4.78 is 4.72. The van der Waals surface area contributed by atoms with Crippen LogP contribution in [0, 0.1) is 5.92 Å². The van der Waals surface area contributed by atoms with Gasteiger partial charge >= 0.3 is 0 Å². The van der Waals surface area contributed by atoms with Gasteiger partial charge in [0.15, 0.2) is 0 Å².